The van der Waals surface area contributed by atoms with Gasteiger partial charge in [0, 0.05) is 34.2 Å². The van der Waals surface area contributed by atoms with Crippen LogP contribution in [0.5, 0.6) is 0 Å². The van der Waals surface area contributed by atoms with Gasteiger partial charge in [-0.2, -0.15) is 24.0 Å². The van der Waals surface area contributed by atoms with E-state index in [9.17, 15) is 0 Å². The second kappa shape index (κ2) is 13.6. The van der Waals surface area contributed by atoms with Crippen LogP contribution < -0.4 is 20.0 Å². The lowest BCUT2D eigenvalue weighted by molar-refractivity contribution is -0.631. The molecule has 0 aliphatic rings. The molecule has 5 aromatic heterocycles. The van der Waals surface area contributed by atoms with E-state index in [1.807, 2.05) is 24.3 Å². The van der Waals surface area contributed by atoms with E-state index in [0.717, 1.165) is 33.6 Å². The van der Waals surface area contributed by atoms with Gasteiger partial charge in [-0.15, -0.1) is 34.0 Å². The highest BCUT2D eigenvalue weighted by atomic mass is 79.9. The summed E-state index contributed by atoms with van der Waals surface area (Å²) in [4.78, 5) is 11.1. The number of nitrogens with one attached hydrogen (secondary N) is 2. The standard InChI is InChI=1S/C30H26N10S2.2BrH/c1-37-25(19-39-13-15-41-29(37)39)23-7-3-21(4-8-23)17-32-35-27-11-12-31-28(34-27)36-33-18-22-5-9-24(10-6-22)26-20-40-14-16-42-30(40)38(26)2;;/h3-20H,1-2H3,(H2,31,34,35,36);2*1H/q+2;;/b32-17+,33-18+;;. The van der Waals surface area contributed by atoms with Gasteiger partial charge in [0.1, 0.15) is 24.8 Å². The molecule has 0 fully saturated rings. The number of aryl methyl sites for hydroxylation is 2. The first-order valence-electron chi connectivity index (χ1n) is 13.1. The first-order chi connectivity index (χ1) is 20.6. The number of hydrogen-bond donors (Lipinski definition) is 2. The molecule has 0 saturated carbocycles. The van der Waals surface area contributed by atoms with Crippen molar-refractivity contribution in [3.8, 4) is 22.5 Å². The maximum atomic E-state index is 4.42. The third-order valence-corrected chi connectivity index (χ3v) is 8.80. The molecule has 14 heteroatoms. The van der Waals surface area contributed by atoms with E-state index in [1.165, 1.54) is 9.92 Å². The van der Waals surface area contributed by atoms with Crippen molar-refractivity contribution in [1.29, 1.82) is 0 Å². The van der Waals surface area contributed by atoms with Crippen LogP contribution in [0.3, 0.4) is 0 Å². The van der Waals surface area contributed by atoms with Gasteiger partial charge in [0.25, 0.3) is 0 Å². The monoisotopic (exact) mass is 750 g/mol. The summed E-state index contributed by atoms with van der Waals surface area (Å²) in [6.45, 7) is 0. The summed E-state index contributed by atoms with van der Waals surface area (Å²) < 4.78 is 8.67. The Morgan fingerprint density at radius 2 is 1.20 bits per heavy atom. The minimum absolute atomic E-state index is 0. The molecule has 0 aliphatic heterocycles. The Morgan fingerprint density at radius 3 is 1.70 bits per heavy atom. The van der Waals surface area contributed by atoms with Gasteiger partial charge >= 0.3 is 9.92 Å². The highest BCUT2D eigenvalue weighted by Crippen LogP contribution is 2.21. The summed E-state index contributed by atoms with van der Waals surface area (Å²) >= 11 is 3.44. The van der Waals surface area contributed by atoms with Gasteiger partial charge in [0.05, 0.1) is 26.5 Å². The average molecular weight is 753 g/mol. The van der Waals surface area contributed by atoms with Crippen LogP contribution in [0.15, 0.2) is 107 Å². The van der Waals surface area contributed by atoms with Crippen LogP contribution in [0.2, 0.25) is 0 Å². The van der Waals surface area contributed by atoms with Crippen LogP contribution >= 0.6 is 56.6 Å². The molecule has 2 N–H and O–H groups in total. The van der Waals surface area contributed by atoms with Gasteiger partial charge in [0.2, 0.25) is 5.95 Å². The van der Waals surface area contributed by atoms with Crippen LogP contribution in [-0.4, -0.2) is 31.2 Å². The third-order valence-electron chi connectivity index (χ3n) is 6.89. The SMILES string of the molecule is Br.Br.C[n+]1c(-c2ccc(/C=N/Nc3ccnc(N/N=C/c4ccc(-c5cn6ccsc6[n+]5C)cc4)n3)cc2)cn2ccsc21. The minimum Gasteiger partial charge on any atom is -0.261 e. The van der Waals surface area contributed by atoms with Gasteiger partial charge in [-0.1, -0.05) is 46.9 Å². The van der Waals surface area contributed by atoms with Gasteiger partial charge < -0.3 is 0 Å². The number of hydrazone groups is 2. The summed E-state index contributed by atoms with van der Waals surface area (Å²) in [5, 5.41) is 12.8. The Bertz CT molecular complexity index is 1930. The topological polar surface area (TPSA) is 91.1 Å². The zero-order valence-corrected chi connectivity index (χ0v) is 28.7. The number of hydrogen-bond acceptors (Lipinski definition) is 8. The Kier molecular flexibility index (Phi) is 9.64. The van der Waals surface area contributed by atoms with Gasteiger partial charge in [-0.25, -0.2) is 19.5 Å². The van der Waals surface area contributed by atoms with Crippen LogP contribution in [-0.2, 0) is 14.1 Å². The first-order valence-corrected chi connectivity index (χ1v) is 14.9. The lowest BCUT2D eigenvalue weighted by atomic mass is 10.1. The van der Waals surface area contributed by atoms with Crippen molar-refractivity contribution in [2.75, 3.05) is 10.9 Å². The van der Waals surface area contributed by atoms with Gasteiger partial charge in [0.15, 0.2) is 17.2 Å². The van der Waals surface area contributed by atoms with Crippen molar-refractivity contribution in [2.45, 2.75) is 0 Å². The smallest absolute Gasteiger partial charge is 0.261 e. The summed E-state index contributed by atoms with van der Waals surface area (Å²) in [5.41, 5.74) is 12.4. The molecule has 0 unspecified atom stereocenters. The molecule has 44 heavy (non-hydrogen) atoms. The maximum Gasteiger partial charge on any atom is 0.345 e. The fourth-order valence-corrected chi connectivity index (χ4v) is 6.35. The lowest BCUT2D eigenvalue weighted by Gasteiger charge is -2.02. The highest BCUT2D eigenvalue weighted by Gasteiger charge is 2.17. The Balaban J connectivity index is 0.00000192. The molecule has 10 nitrogen and oxygen atoms in total. The van der Waals surface area contributed by atoms with E-state index < -0.39 is 0 Å². The van der Waals surface area contributed by atoms with Crippen LogP contribution in [0.4, 0.5) is 11.8 Å². The van der Waals surface area contributed by atoms with Crippen LogP contribution in [0, 0.1) is 0 Å². The number of anilines is 2. The molecule has 0 saturated heterocycles. The number of rotatable bonds is 8. The zero-order chi connectivity index (χ0) is 28.5. The van der Waals surface area contributed by atoms with Crippen molar-refractivity contribution in [1.82, 2.24) is 18.8 Å². The average Bonchev–Trinajstić information content (AvgIpc) is 3.79. The number of aromatic nitrogens is 6. The molecule has 0 aliphatic carbocycles. The Hall–Kier alpha value is -4.24. The number of thiazole rings is 2. The summed E-state index contributed by atoms with van der Waals surface area (Å²) in [7, 11) is 4.17. The van der Waals surface area contributed by atoms with Crippen LogP contribution in [0.1, 0.15) is 11.1 Å². The predicted molar refractivity (Wildman–Crippen MR) is 189 cm³/mol. The molecule has 5 heterocycles. The van der Waals surface area contributed by atoms with Crippen molar-refractivity contribution in [2.24, 2.45) is 24.3 Å². The lowest BCUT2D eigenvalue weighted by Crippen LogP contribution is -2.28. The molecular formula is C30H28Br2N10S2+2. The van der Waals surface area contributed by atoms with Crippen molar-refractivity contribution < 1.29 is 9.13 Å². The predicted octanol–water partition coefficient (Wildman–Crippen LogP) is 6.14. The van der Waals surface area contributed by atoms with E-state index in [4.69, 9.17) is 0 Å². The molecule has 0 amide bonds. The second-order valence-electron chi connectivity index (χ2n) is 9.58. The summed E-state index contributed by atoms with van der Waals surface area (Å²) in [5.74, 6) is 0.926. The van der Waals surface area contributed by atoms with E-state index in [-0.39, 0.29) is 34.0 Å². The Labute approximate surface area is 282 Å². The molecule has 2 aromatic carbocycles. The molecule has 0 atom stereocenters. The minimum atomic E-state index is 0. The van der Waals surface area contributed by atoms with Gasteiger partial charge in [-0.3, -0.25) is 5.43 Å². The molecule has 0 spiro atoms. The molecule has 0 radical (unpaired) electrons. The van der Waals surface area contributed by atoms with E-state index in [1.54, 1.807) is 47.4 Å². The first kappa shape index (κ1) is 31.2. The Morgan fingerprint density at radius 1 is 0.705 bits per heavy atom. The number of imidazole rings is 2. The van der Waals surface area contributed by atoms with E-state index in [0.29, 0.717) is 11.8 Å². The zero-order valence-electron chi connectivity index (χ0n) is 23.6. The molecular weight excluding hydrogens is 724 g/mol. The fourth-order valence-electron chi connectivity index (χ4n) is 4.74. The molecule has 222 valence electrons. The molecule has 7 aromatic rings. The fraction of sp³-hybridized carbons (Fsp3) is 0.0667. The second-order valence-corrected chi connectivity index (χ2v) is 11.3. The number of nitrogens with zero attached hydrogens (tertiary/aromatic N) is 8. The number of halogens is 2. The normalized spacial score (nSPS) is 11.3. The summed E-state index contributed by atoms with van der Waals surface area (Å²) in [6.07, 6.45) is 13.6. The van der Waals surface area contributed by atoms with Crippen molar-refractivity contribution in [3.05, 3.63) is 107 Å². The van der Waals surface area contributed by atoms with Crippen molar-refractivity contribution >= 4 is 90.8 Å². The number of fused-ring (bicyclic) bond motifs is 2. The maximum absolute atomic E-state index is 4.42. The summed E-state index contributed by atoms with van der Waals surface area (Å²) in [6, 6.07) is 18.3. The van der Waals surface area contributed by atoms with Gasteiger partial charge in [-0.05, 0) is 35.4 Å². The van der Waals surface area contributed by atoms with E-state index >= 15 is 0 Å². The van der Waals surface area contributed by atoms with Crippen LogP contribution in [0.25, 0.3) is 32.4 Å². The molecule has 7 rings (SSSR count). The van der Waals surface area contributed by atoms with E-state index in [2.05, 4.69) is 123 Å². The largest absolute Gasteiger partial charge is 0.345 e. The molecule has 0 bridgehead atoms. The van der Waals surface area contributed by atoms with Crippen molar-refractivity contribution in [3.63, 3.8) is 0 Å². The third kappa shape index (κ3) is 6.33. The quantitative estimate of drug-likeness (QED) is 0.111. The number of benzene rings is 2. The highest BCUT2D eigenvalue weighted by molar-refractivity contribution is 8.93.